The Morgan fingerprint density at radius 3 is 2.74 bits per heavy atom. The van der Waals surface area contributed by atoms with Crippen molar-refractivity contribution in [3.8, 4) is 0 Å². The van der Waals surface area contributed by atoms with Crippen molar-refractivity contribution in [3.63, 3.8) is 0 Å². The molecule has 126 valence electrons. The van der Waals surface area contributed by atoms with E-state index in [0.29, 0.717) is 24.9 Å². The lowest BCUT2D eigenvalue weighted by molar-refractivity contribution is -0.385. The van der Waals surface area contributed by atoms with Crippen molar-refractivity contribution in [2.45, 2.75) is 31.6 Å². The molecule has 0 radical (unpaired) electrons. The highest BCUT2D eigenvalue weighted by Crippen LogP contribution is 2.25. The first kappa shape index (κ1) is 17.2. The van der Waals surface area contributed by atoms with Crippen LogP contribution in [-0.4, -0.2) is 41.0 Å². The van der Waals surface area contributed by atoms with Gasteiger partial charge in [0.1, 0.15) is 6.54 Å². The second-order valence-corrected chi connectivity index (χ2v) is 5.35. The Balaban J connectivity index is 2.05. The largest absolute Gasteiger partial charge is 0.405 e. The molecule has 0 spiro atoms. The van der Waals surface area contributed by atoms with Gasteiger partial charge in [0.05, 0.1) is 11.0 Å². The molecular weight excluding hydrogens is 315 g/mol. The summed E-state index contributed by atoms with van der Waals surface area (Å²) in [5.41, 5.74) is 0.377. The fraction of sp³-hybridized carbons (Fsp3) is 0.500. The Kier molecular flexibility index (Phi) is 5.19. The number of rotatable bonds is 5. The topological polar surface area (TPSA) is 75.5 Å². The van der Waals surface area contributed by atoms with E-state index in [0.717, 1.165) is 0 Å². The van der Waals surface area contributed by atoms with Gasteiger partial charge in [0.25, 0.3) is 5.69 Å². The minimum atomic E-state index is -4.46. The number of nitro groups is 1. The Labute approximate surface area is 130 Å². The molecule has 9 heteroatoms. The highest BCUT2D eigenvalue weighted by molar-refractivity contribution is 5.82. The van der Waals surface area contributed by atoms with Crippen LogP contribution in [0.5, 0.6) is 0 Å². The summed E-state index contributed by atoms with van der Waals surface area (Å²) in [7, 11) is 0. The number of carbonyl (C=O) groups is 1. The van der Waals surface area contributed by atoms with Gasteiger partial charge in [-0.05, 0) is 19.4 Å². The second kappa shape index (κ2) is 6.95. The third-order valence-electron chi connectivity index (χ3n) is 3.69. The Morgan fingerprint density at radius 2 is 2.09 bits per heavy atom. The minimum Gasteiger partial charge on any atom is -0.346 e. The van der Waals surface area contributed by atoms with Gasteiger partial charge in [-0.25, -0.2) is 0 Å². The highest BCUT2D eigenvalue weighted by atomic mass is 19.4. The lowest BCUT2D eigenvalue weighted by Gasteiger charge is -2.23. The Morgan fingerprint density at radius 1 is 1.39 bits per heavy atom. The lowest BCUT2D eigenvalue weighted by atomic mass is 10.1. The van der Waals surface area contributed by atoms with Gasteiger partial charge in [-0.1, -0.05) is 18.2 Å². The maximum absolute atomic E-state index is 12.2. The number of para-hydroxylation sites is 1. The second-order valence-electron chi connectivity index (χ2n) is 5.35. The number of nitrogens with zero attached hydrogens (tertiary/aromatic N) is 2. The van der Waals surface area contributed by atoms with Crippen molar-refractivity contribution < 1.29 is 22.9 Å². The first-order chi connectivity index (χ1) is 10.8. The summed E-state index contributed by atoms with van der Waals surface area (Å²) >= 11 is 0. The van der Waals surface area contributed by atoms with Crippen LogP contribution >= 0.6 is 0 Å². The number of likely N-dealkylation sites (tertiary alicyclic amines) is 1. The van der Waals surface area contributed by atoms with E-state index >= 15 is 0 Å². The molecule has 1 aromatic rings. The first-order valence-electron chi connectivity index (χ1n) is 7.09. The summed E-state index contributed by atoms with van der Waals surface area (Å²) in [5.74, 6) is -0.696. The van der Waals surface area contributed by atoms with Gasteiger partial charge in [-0.15, -0.1) is 0 Å². The monoisotopic (exact) mass is 331 g/mol. The van der Waals surface area contributed by atoms with Crippen LogP contribution in [0, 0.1) is 10.1 Å². The summed E-state index contributed by atoms with van der Waals surface area (Å²) < 4.78 is 36.6. The van der Waals surface area contributed by atoms with Crippen LogP contribution in [0.15, 0.2) is 24.3 Å². The number of hydrogen-bond acceptors (Lipinski definition) is 4. The van der Waals surface area contributed by atoms with E-state index in [2.05, 4.69) is 0 Å². The van der Waals surface area contributed by atoms with E-state index in [-0.39, 0.29) is 12.2 Å². The fourth-order valence-electron chi connectivity index (χ4n) is 2.66. The van der Waals surface area contributed by atoms with E-state index in [4.69, 9.17) is 0 Å². The average Bonchev–Trinajstić information content (AvgIpc) is 2.92. The normalized spacial score (nSPS) is 18.8. The van der Waals surface area contributed by atoms with Crippen molar-refractivity contribution in [2.75, 3.05) is 13.1 Å². The standard InChI is InChI=1S/C14H16F3N3O3/c15-14(16,17)9-18-13(21)12-6-3-7-19(12)8-10-4-1-2-5-11(10)20(22)23/h1-2,4-5,12H,3,6-9H2,(H,18,21). The molecule has 1 aromatic carbocycles. The van der Waals surface area contributed by atoms with Crippen LogP contribution < -0.4 is 5.32 Å². The summed E-state index contributed by atoms with van der Waals surface area (Å²) in [6.45, 7) is -0.709. The number of amides is 1. The number of carbonyl (C=O) groups excluding carboxylic acids is 1. The van der Waals surface area contributed by atoms with Crippen molar-refractivity contribution in [1.82, 2.24) is 10.2 Å². The number of benzene rings is 1. The van der Waals surface area contributed by atoms with Crippen molar-refractivity contribution in [2.24, 2.45) is 0 Å². The number of hydrogen-bond donors (Lipinski definition) is 1. The third kappa shape index (κ3) is 4.65. The summed E-state index contributed by atoms with van der Waals surface area (Å²) in [4.78, 5) is 24.1. The quantitative estimate of drug-likeness (QED) is 0.663. The smallest absolute Gasteiger partial charge is 0.346 e. The molecule has 1 unspecified atom stereocenters. The molecule has 23 heavy (non-hydrogen) atoms. The molecule has 0 saturated carbocycles. The molecule has 1 heterocycles. The molecule has 6 nitrogen and oxygen atoms in total. The number of nitro benzene ring substituents is 1. The number of halogens is 3. The maximum atomic E-state index is 12.2. The molecule has 1 saturated heterocycles. The van der Waals surface area contributed by atoms with Gasteiger partial charge in [-0.3, -0.25) is 19.8 Å². The van der Waals surface area contributed by atoms with Gasteiger partial charge < -0.3 is 5.32 Å². The summed E-state index contributed by atoms with van der Waals surface area (Å²) in [6.07, 6.45) is -3.37. The van der Waals surface area contributed by atoms with Crippen molar-refractivity contribution in [1.29, 1.82) is 0 Å². The first-order valence-corrected chi connectivity index (χ1v) is 7.09. The molecule has 1 N–H and O–H groups in total. The third-order valence-corrected chi connectivity index (χ3v) is 3.69. The molecule has 1 atom stereocenters. The predicted molar refractivity (Wildman–Crippen MR) is 75.6 cm³/mol. The molecule has 0 aliphatic carbocycles. The van der Waals surface area contributed by atoms with Crippen LogP contribution in [0.3, 0.4) is 0 Å². The maximum Gasteiger partial charge on any atom is 0.405 e. The van der Waals surface area contributed by atoms with Crippen molar-refractivity contribution in [3.05, 3.63) is 39.9 Å². The SMILES string of the molecule is O=C(NCC(F)(F)F)C1CCCN1Cc1ccccc1[N+](=O)[O-]. The molecule has 2 rings (SSSR count). The molecule has 1 aliphatic heterocycles. The molecule has 0 aromatic heterocycles. The fourth-order valence-corrected chi connectivity index (χ4v) is 2.66. The van der Waals surface area contributed by atoms with E-state index in [9.17, 15) is 28.1 Å². The predicted octanol–water partition coefficient (Wildman–Crippen LogP) is 2.24. The van der Waals surface area contributed by atoms with E-state index in [1.807, 2.05) is 5.32 Å². The van der Waals surface area contributed by atoms with Crippen LogP contribution in [0.25, 0.3) is 0 Å². The lowest BCUT2D eigenvalue weighted by Crippen LogP contribution is -2.45. The minimum absolute atomic E-state index is 0.0613. The summed E-state index contributed by atoms with van der Waals surface area (Å²) in [5, 5.41) is 12.9. The van der Waals surface area contributed by atoms with Gasteiger partial charge in [-0.2, -0.15) is 13.2 Å². The number of alkyl halides is 3. The molecular formula is C14H16F3N3O3. The van der Waals surface area contributed by atoms with Gasteiger partial charge in [0, 0.05) is 18.2 Å². The van der Waals surface area contributed by atoms with Gasteiger partial charge in [0.2, 0.25) is 5.91 Å². The van der Waals surface area contributed by atoms with Crippen LogP contribution in [0.2, 0.25) is 0 Å². The molecule has 1 fully saturated rings. The van der Waals surface area contributed by atoms with Gasteiger partial charge >= 0.3 is 6.18 Å². The van der Waals surface area contributed by atoms with Crippen LogP contribution in [0.4, 0.5) is 18.9 Å². The molecule has 0 bridgehead atoms. The number of nitrogens with one attached hydrogen (secondary N) is 1. The van der Waals surface area contributed by atoms with Crippen LogP contribution in [-0.2, 0) is 11.3 Å². The highest BCUT2D eigenvalue weighted by Gasteiger charge is 2.34. The Bertz CT molecular complexity index is 592. The molecule has 1 aliphatic rings. The van der Waals surface area contributed by atoms with Crippen molar-refractivity contribution >= 4 is 11.6 Å². The zero-order chi connectivity index (χ0) is 17.0. The zero-order valence-corrected chi connectivity index (χ0v) is 12.2. The van der Waals surface area contributed by atoms with Crippen LogP contribution in [0.1, 0.15) is 18.4 Å². The summed E-state index contributed by atoms with van der Waals surface area (Å²) in [6, 6.07) is 5.44. The van der Waals surface area contributed by atoms with Gasteiger partial charge in [0.15, 0.2) is 0 Å². The van der Waals surface area contributed by atoms with E-state index in [1.54, 1.807) is 23.1 Å². The molecule has 1 amide bonds. The van der Waals surface area contributed by atoms with E-state index < -0.39 is 29.6 Å². The van der Waals surface area contributed by atoms with E-state index in [1.165, 1.54) is 6.07 Å². The Hall–Kier alpha value is -2.16. The average molecular weight is 331 g/mol. The zero-order valence-electron chi connectivity index (χ0n) is 12.2.